The van der Waals surface area contributed by atoms with Gasteiger partial charge in [-0.05, 0) is 66.8 Å². The maximum absolute atomic E-state index is 12.8. The van der Waals surface area contributed by atoms with Gasteiger partial charge in [-0.25, -0.2) is 18.4 Å². The van der Waals surface area contributed by atoms with Crippen LogP contribution in [0.3, 0.4) is 0 Å². The predicted molar refractivity (Wildman–Crippen MR) is 139 cm³/mol. The molecule has 0 fully saturated rings. The molecule has 0 aliphatic carbocycles. The van der Waals surface area contributed by atoms with Crippen LogP contribution in [0.4, 0.5) is 5.82 Å². The summed E-state index contributed by atoms with van der Waals surface area (Å²) < 4.78 is 45.5. The van der Waals surface area contributed by atoms with E-state index >= 15 is 0 Å². The number of ether oxygens (including phenoxy) is 3. The van der Waals surface area contributed by atoms with Crippen LogP contribution in [0, 0.1) is 6.92 Å². The van der Waals surface area contributed by atoms with Crippen LogP contribution in [0.2, 0.25) is 0 Å². The fourth-order valence-corrected chi connectivity index (χ4v) is 4.11. The summed E-state index contributed by atoms with van der Waals surface area (Å²) in [5.41, 5.74) is 1.74. The van der Waals surface area contributed by atoms with Gasteiger partial charge in [0.2, 0.25) is 5.82 Å². The van der Waals surface area contributed by atoms with E-state index in [-0.39, 0.29) is 52.8 Å². The fraction of sp³-hybridized carbons (Fsp3) is 0.304. The van der Waals surface area contributed by atoms with Crippen LogP contribution < -0.4 is 18.9 Å². The molecule has 0 saturated heterocycles. The largest absolute Gasteiger partial charge is 0.493 e. The normalized spacial score (nSPS) is 11.0. The molecular weight excluding hydrogens is 547 g/mol. The number of aromatic nitrogens is 2. The summed E-state index contributed by atoms with van der Waals surface area (Å²) in [4.78, 5) is 10.5. The first-order chi connectivity index (χ1) is 16.2. The first kappa shape index (κ1) is 29.3. The van der Waals surface area contributed by atoms with Crippen molar-refractivity contribution in [1.82, 2.24) is 14.9 Å². The zero-order valence-electron chi connectivity index (χ0n) is 20.4. The Kier molecular flexibility index (Phi) is 11.3. The van der Waals surface area contributed by atoms with E-state index in [9.17, 15) is 8.42 Å². The summed E-state index contributed by atoms with van der Waals surface area (Å²) in [5, 5.41) is 0. The Morgan fingerprint density at radius 3 is 2.43 bits per heavy atom. The standard InChI is InChI=1S/C23H27BrN4O5S.Na/c1-16-5-8-18(9-6-16)34(29,30)27-22-23(26-21(24)14-25-22)33-15-17-7-10-19(31-4)20(13-17)32-12-11-28(2)3;/h5-10,13-14H,11-12,15H2,1-4H3,(H,25,27);. The Bertz CT molecular complexity index is 1230. The van der Waals surface area contributed by atoms with Gasteiger partial charge < -0.3 is 19.1 Å². The summed E-state index contributed by atoms with van der Waals surface area (Å²) >= 11 is 3.25. The van der Waals surface area contributed by atoms with Gasteiger partial charge in [0.05, 0.1) is 18.2 Å². The molecule has 35 heavy (non-hydrogen) atoms. The van der Waals surface area contributed by atoms with Crippen LogP contribution in [0.25, 0.3) is 0 Å². The molecule has 1 N–H and O–H groups in total. The second kappa shape index (κ2) is 13.4. The van der Waals surface area contributed by atoms with Crippen LogP contribution >= 0.6 is 15.9 Å². The van der Waals surface area contributed by atoms with E-state index in [0.29, 0.717) is 22.7 Å². The monoisotopic (exact) mass is 573 g/mol. The Morgan fingerprint density at radius 2 is 1.77 bits per heavy atom. The van der Waals surface area contributed by atoms with E-state index in [1.165, 1.54) is 18.3 Å². The quantitative estimate of drug-likeness (QED) is 0.348. The summed E-state index contributed by atoms with van der Waals surface area (Å²) in [6, 6.07) is 11.9. The van der Waals surface area contributed by atoms with Gasteiger partial charge >= 0.3 is 0 Å². The van der Waals surface area contributed by atoms with Gasteiger partial charge in [-0.2, -0.15) is 0 Å². The smallest absolute Gasteiger partial charge is 0.263 e. The minimum Gasteiger partial charge on any atom is -0.493 e. The molecule has 0 unspecified atom stereocenters. The fourth-order valence-electron chi connectivity index (χ4n) is 2.84. The van der Waals surface area contributed by atoms with Crippen molar-refractivity contribution in [3.05, 3.63) is 64.4 Å². The number of benzene rings is 2. The molecule has 2 aromatic carbocycles. The zero-order valence-corrected chi connectivity index (χ0v) is 24.8. The summed E-state index contributed by atoms with van der Waals surface area (Å²) in [6.07, 6.45) is 1.39. The average molecular weight is 574 g/mol. The van der Waals surface area contributed by atoms with Gasteiger partial charge in [0, 0.05) is 36.1 Å². The second-order valence-electron chi connectivity index (χ2n) is 7.69. The molecule has 183 valence electrons. The van der Waals surface area contributed by atoms with E-state index in [1.54, 1.807) is 25.3 Å². The number of hydrogen-bond donors (Lipinski definition) is 1. The number of likely N-dealkylation sites (N-methyl/N-ethyl adjacent to an activating group) is 1. The third-order valence-electron chi connectivity index (χ3n) is 4.67. The van der Waals surface area contributed by atoms with Crippen molar-refractivity contribution < 1.29 is 22.6 Å². The van der Waals surface area contributed by atoms with Crippen molar-refractivity contribution in [3.8, 4) is 17.4 Å². The number of methoxy groups -OCH3 is 1. The second-order valence-corrected chi connectivity index (χ2v) is 10.2. The van der Waals surface area contributed by atoms with E-state index < -0.39 is 10.0 Å². The Hall–Kier alpha value is -1.89. The third-order valence-corrected chi connectivity index (χ3v) is 6.41. The minimum absolute atomic E-state index is 0. The molecule has 0 bridgehead atoms. The topological polar surface area (TPSA) is 103 Å². The molecule has 0 saturated carbocycles. The molecule has 12 heteroatoms. The van der Waals surface area contributed by atoms with Gasteiger partial charge in [-0.3, -0.25) is 4.72 Å². The van der Waals surface area contributed by atoms with E-state index in [0.717, 1.165) is 17.7 Å². The Morgan fingerprint density at radius 1 is 1.06 bits per heavy atom. The molecule has 9 nitrogen and oxygen atoms in total. The number of nitrogens with zero attached hydrogens (tertiary/aromatic N) is 3. The van der Waals surface area contributed by atoms with Crippen molar-refractivity contribution in [1.29, 1.82) is 0 Å². The molecule has 0 spiro atoms. The van der Waals surface area contributed by atoms with Gasteiger partial charge in [-0.1, -0.05) is 23.8 Å². The number of sulfonamides is 1. The minimum atomic E-state index is -3.87. The van der Waals surface area contributed by atoms with E-state index in [2.05, 4.69) is 30.6 Å². The number of halogens is 1. The zero-order chi connectivity index (χ0) is 24.7. The Balaban J connectivity index is 0.00000432. The van der Waals surface area contributed by atoms with Gasteiger partial charge in [-0.15, -0.1) is 0 Å². The molecule has 3 aromatic rings. The van der Waals surface area contributed by atoms with Crippen LogP contribution in [0.5, 0.6) is 17.4 Å². The van der Waals surface area contributed by atoms with Crippen LogP contribution in [-0.2, 0) is 16.6 Å². The Labute approximate surface area is 236 Å². The van der Waals surface area contributed by atoms with Crippen LogP contribution in [0.1, 0.15) is 11.1 Å². The molecular formula is C23H27BrN4NaO5S. The van der Waals surface area contributed by atoms with Crippen molar-refractivity contribution in [2.24, 2.45) is 0 Å². The van der Waals surface area contributed by atoms with Gasteiger partial charge in [0.15, 0.2) is 11.5 Å². The first-order valence-corrected chi connectivity index (χ1v) is 12.6. The summed E-state index contributed by atoms with van der Waals surface area (Å²) in [6.45, 7) is 3.24. The van der Waals surface area contributed by atoms with Gasteiger partial charge in [0.1, 0.15) is 17.8 Å². The van der Waals surface area contributed by atoms with Crippen molar-refractivity contribution in [2.75, 3.05) is 39.1 Å². The summed E-state index contributed by atoms with van der Waals surface area (Å²) in [5.74, 6) is 1.22. The van der Waals surface area contributed by atoms with E-state index in [1.807, 2.05) is 38.1 Å². The first-order valence-electron chi connectivity index (χ1n) is 10.4. The molecule has 0 amide bonds. The molecule has 0 aliphatic heterocycles. The molecule has 1 heterocycles. The molecule has 0 atom stereocenters. The SMILES string of the molecule is COc1ccc(COc2nc(Br)cnc2NS(=O)(=O)c2ccc(C)cc2)cc1OCCN(C)C.[Na]. The van der Waals surface area contributed by atoms with Crippen molar-refractivity contribution in [3.63, 3.8) is 0 Å². The number of anilines is 1. The number of aryl methyl sites for hydroxylation is 1. The third kappa shape index (κ3) is 8.62. The predicted octanol–water partition coefficient (Wildman–Crippen LogP) is 3.50. The molecule has 1 aromatic heterocycles. The summed E-state index contributed by atoms with van der Waals surface area (Å²) in [7, 11) is 1.64. The maximum Gasteiger partial charge on any atom is 0.263 e. The molecule has 3 rings (SSSR count). The van der Waals surface area contributed by atoms with Crippen LogP contribution in [0.15, 0.2) is 58.2 Å². The van der Waals surface area contributed by atoms with Crippen molar-refractivity contribution >= 4 is 61.3 Å². The number of hydrogen-bond acceptors (Lipinski definition) is 8. The van der Waals surface area contributed by atoms with Crippen molar-refractivity contribution in [2.45, 2.75) is 18.4 Å². The average Bonchev–Trinajstić information content (AvgIpc) is 2.79. The number of rotatable bonds is 11. The molecule has 1 radical (unpaired) electrons. The van der Waals surface area contributed by atoms with Crippen LogP contribution in [-0.4, -0.2) is 87.2 Å². The van der Waals surface area contributed by atoms with Gasteiger partial charge in [0.25, 0.3) is 15.9 Å². The maximum atomic E-state index is 12.8. The molecule has 0 aliphatic rings. The van der Waals surface area contributed by atoms with E-state index in [4.69, 9.17) is 14.2 Å². The number of nitrogens with one attached hydrogen (secondary N) is 1.